The molecule has 0 aromatic heterocycles. The summed E-state index contributed by atoms with van der Waals surface area (Å²) in [7, 11) is 0. The molecule has 0 saturated carbocycles. The molecule has 0 atom stereocenters. The highest BCUT2D eigenvalue weighted by molar-refractivity contribution is 5.98. The molecule has 0 saturated heterocycles. The lowest BCUT2D eigenvalue weighted by atomic mass is 10.1. The first kappa shape index (κ1) is 16.2. The van der Waals surface area contributed by atoms with Crippen molar-refractivity contribution in [3.8, 4) is 0 Å². The minimum atomic E-state index is -0.127. The van der Waals surface area contributed by atoms with Crippen LogP contribution < -0.4 is 10.2 Å². The highest BCUT2D eigenvalue weighted by Gasteiger charge is 2.21. The number of nitrogens with one attached hydrogen (secondary N) is 1. The number of hydrogen-bond donors (Lipinski definition) is 1. The quantitative estimate of drug-likeness (QED) is 0.931. The number of amides is 2. The van der Waals surface area contributed by atoms with Crippen LogP contribution in [0.2, 0.25) is 0 Å². The van der Waals surface area contributed by atoms with Crippen LogP contribution in [0.4, 0.5) is 11.4 Å². The molecule has 3 rings (SSSR count). The van der Waals surface area contributed by atoms with Crippen molar-refractivity contribution in [3.05, 3.63) is 60.2 Å². The molecule has 2 aromatic rings. The summed E-state index contributed by atoms with van der Waals surface area (Å²) in [6.07, 6.45) is 3.53. The summed E-state index contributed by atoms with van der Waals surface area (Å²) in [6, 6.07) is 17.4. The van der Waals surface area contributed by atoms with Crippen LogP contribution in [-0.4, -0.2) is 18.4 Å². The van der Waals surface area contributed by atoms with Gasteiger partial charge in [-0.2, -0.15) is 0 Å². The maximum absolute atomic E-state index is 12.6. The van der Waals surface area contributed by atoms with Crippen LogP contribution in [0, 0.1) is 0 Å². The van der Waals surface area contributed by atoms with E-state index in [1.54, 1.807) is 0 Å². The Hall–Kier alpha value is -2.62. The zero-order chi connectivity index (χ0) is 16.8. The second-order valence-corrected chi connectivity index (χ2v) is 6.05. The first-order chi connectivity index (χ1) is 11.7. The number of carbonyl (C=O) groups excluding carboxylic acids is 2. The van der Waals surface area contributed by atoms with E-state index in [1.807, 2.05) is 53.4 Å². The van der Waals surface area contributed by atoms with Crippen molar-refractivity contribution in [2.45, 2.75) is 32.1 Å². The van der Waals surface area contributed by atoms with Crippen molar-refractivity contribution in [1.82, 2.24) is 0 Å². The number of fused-ring (bicyclic) bond motifs is 1. The van der Waals surface area contributed by atoms with Crippen molar-refractivity contribution in [2.24, 2.45) is 0 Å². The van der Waals surface area contributed by atoms with Gasteiger partial charge in [-0.1, -0.05) is 36.4 Å². The molecule has 1 N–H and O–H groups in total. The van der Waals surface area contributed by atoms with Gasteiger partial charge in [-0.05, 0) is 43.0 Å². The number of anilines is 2. The van der Waals surface area contributed by atoms with E-state index in [0.29, 0.717) is 0 Å². The Balaban J connectivity index is 1.60. The van der Waals surface area contributed by atoms with Gasteiger partial charge in [-0.15, -0.1) is 0 Å². The normalized spacial score (nSPS) is 13.8. The van der Waals surface area contributed by atoms with Crippen molar-refractivity contribution in [3.63, 3.8) is 0 Å². The molecule has 1 aliphatic heterocycles. The molecular weight excluding hydrogens is 300 g/mol. The fourth-order valence-corrected chi connectivity index (χ4v) is 3.05. The van der Waals surface area contributed by atoms with Gasteiger partial charge in [-0.25, -0.2) is 0 Å². The van der Waals surface area contributed by atoms with Crippen LogP contribution in [-0.2, 0) is 16.0 Å². The van der Waals surface area contributed by atoms with Crippen LogP contribution >= 0.6 is 0 Å². The lowest BCUT2D eigenvalue weighted by molar-refractivity contribution is -0.122. The van der Waals surface area contributed by atoms with Crippen LogP contribution in [0.5, 0.6) is 0 Å². The van der Waals surface area contributed by atoms with E-state index in [2.05, 4.69) is 11.4 Å². The smallest absolute Gasteiger partial charge is 0.227 e. The molecule has 0 fully saturated rings. The molecule has 24 heavy (non-hydrogen) atoms. The molecule has 0 spiro atoms. The molecule has 1 aliphatic rings. The van der Waals surface area contributed by atoms with Crippen molar-refractivity contribution in [2.75, 3.05) is 16.8 Å². The van der Waals surface area contributed by atoms with Gasteiger partial charge in [0.1, 0.15) is 0 Å². The third kappa shape index (κ3) is 4.02. The topological polar surface area (TPSA) is 49.4 Å². The fourth-order valence-electron chi connectivity index (χ4n) is 3.05. The second kappa shape index (κ2) is 7.77. The molecule has 0 aliphatic carbocycles. The zero-order valence-corrected chi connectivity index (χ0v) is 13.7. The van der Waals surface area contributed by atoms with Crippen molar-refractivity contribution in [1.29, 1.82) is 0 Å². The van der Waals surface area contributed by atoms with E-state index in [1.165, 1.54) is 5.56 Å². The molecule has 2 amide bonds. The third-order valence-electron chi connectivity index (χ3n) is 4.28. The van der Waals surface area contributed by atoms with E-state index in [4.69, 9.17) is 0 Å². The standard InChI is InChI=1S/C20H22N2O2/c23-19(21-17-10-2-1-3-11-17)13-14-20(24)22-15-7-6-9-16-8-4-5-12-18(16)22/h1-5,8,10-12H,6-7,9,13-15H2,(H,21,23). The molecule has 4 nitrogen and oxygen atoms in total. The summed E-state index contributed by atoms with van der Waals surface area (Å²) in [6.45, 7) is 0.732. The number of hydrogen-bond acceptors (Lipinski definition) is 2. The Morgan fingerprint density at radius 1 is 0.917 bits per heavy atom. The molecule has 0 bridgehead atoms. The highest BCUT2D eigenvalue weighted by atomic mass is 16.2. The molecule has 0 radical (unpaired) electrons. The van der Waals surface area contributed by atoms with E-state index in [9.17, 15) is 9.59 Å². The Labute approximate surface area is 142 Å². The second-order valence-electron chi connectivity index (χ2n) is 6.05. The average Bonchev–Trinajstić information content (AvgIpc) is 2.83. The predicted octanol–water partition coefficient (Wildman–Crippen LogP) is 3.77. The van der Waals surface area contributed by atoms with Gasteiger partial charge in [0.15, 0.2) is 0 Å². The number of rotatable bonds is 4. The Bertz CT molecular complexity index is 713. The van der Waals surface area contributed by atoms with Crippen molar-refractivity contribution >= 4 is 23.2 Å². The molecular formula is C20H22N2O2. The van der Waals surface area contributed by atoms with Gasteiger partial charge in [0.25, 0.3) is 0 Å². The Morgan fingerprint density at radius 2 is 1.67 bits per heavy atom. The summed E-state index contributed by atoms with van der Waals surface area (Å²) in [5, 5.41) is 2.82. The van der Waals surface area contributed by atoms with Gasteiger partial charge in [0, 0.05) is 30.8 Å². The minimum absolute atomic E-state index is 0.0209. The maximum atomic E-state index is 12.6. The lowest BCUT2D eigenvalue weighted by Crippen LogP contribution is -2.32. The SMILES string of the molecule is O=C(CCC(=O)N1CCCCc2ccccc21)Nc1ccccc1. The van der Waals surface area contributed by atoms with Gasteiger partial charge < -0.3 is 10.2 Å². The highest BCUT2D eigenvalue weighted by Crippen LogP contribution is 2.26. The summed E-state index contributed by atoms with van der Waals surface area (Å²) in [5.74, 6) is -0.106. The van der Waals surface area contributed by atoms with E-state index < -0.39 is 0 Å². The van der Waals surface area contributed by atoms with Crippen LogP contribution in [0.25, 0.3) is 0 Å². The van der Waals surface area contributed by atoms with Gasteiger partial charge in [0.05, 0.1) is 0 Å². The largest absolute Gasteiger partial charge is 0.326 e. The molecule has 2 aromatic carbocycles. The molecule has 1 heterocycles. The average molecular weight is 322 g/mol. The van der Waals surface area contributed by atoms with Crippen LogP contribution in [0.1, 0.15) is 31.2 Å². The lowest BCUT2D eigenvalue weighted by Gasteiger charge is -2.22. The number of para-hydroxylation sites is 2. The summed E-state index contributed by atoms with van der Waals surface area (Å²) >= 11 is 0. The monoisotopic (exact) mass is 322 g/mol. The van der Waals surface area contributed by atoms with Gasteiger partial charge in [-0.3, -0.25) is 9.59 Å². The number of aryl methyl sites for hydroxylation is 1. The Morgan fingerprint density at radius 3 is 2.50 bits per heavy atom. The summed E-state index contributed by atoms with van der Waals surface area (Å²) < 4.78 is 0. The first-order valence-corrected chi connectivity index (χ1v) is 8.47. The molecule has 124 valence electrons. The van der Waals surface area contributed by atoms with E-state index >= 15 is 0 Å². The van der Waals surface area contributed by atoms with Crippen LogP contribution in [0.15, 0.2) is 54.6 Å². The van der Waals surface area contributed by atoms with Gasteiger partial charge in [0.2, 0.25) is 11.8 Å². The van der Waals surface area contributed by atoms with E-state index in [-0.39, 0.29) is 24.7 Å². The van der Waals surface area contributed by atoms with Crippen LogP contribution in [0.3, 0.4) is 0 Å². The third-order valence-corrected chi connectivity index (χ3v) is 4.28. The fraction of sp³-hybridized carbons (Fsp3) is 0.300. The first-order valence-electron chi connectivity index (χ1n) is 8.47. The number of benzene rings is 2. The zero-order valence-electron chi connectivity index (χ0n) is 13.7. The Kier molecular flexibility index (Phi) is 5.26. The van der Waals surface area contributed by atoms with E-state index in [0.717, 1.165) is 37.2 Å². The molecule has 4 heteroatoms. The summed E-state index contributed by atoms with van der Waals surface area (Å²) in [5.41, 5.74) is 2.98. The molecule has 0 unspecified atom stereocenters. The summed E-state index contributed by atoms with van der Waals surface area (Å²) in [4.78, 5) is 26.5. The minimum Gasteiger partial charge on any atom is -0.326 e. The van der Waals surface area contributed by atoms with Gasteiger partial charge >= 0.3 is 0 Å². The predicted molar refractivity (Wildman–Crippen MR) is 96.0 cm³/mol. The van der Waals surface area contributed by atoms with Crippen molar-refractivity contribution < 1.29 is 9.59 Å². The maximum Gasteiger partial charge on any atom is 0.227 e. The number of nitrogens with zero attached hydrogens (tertiary/aromatic N) is 1. The number of carbonyl (C=O) groups is 2.